The Kier molecular flexibility index (Phi) is 9.00. The highest BCUT2D eigenvalue weighted by atomic mass is 16.3. The number of H-pyrrole nitrogens is 3. The van der Waals surface area contributed by atoms with Crippen LogP contribution in [0.5, 0.6) is 0 Å². The molecule has 0 radical (unpaired) electrons. The minimum absolute atomic E-state index is 0.789. The van der Waals surface area contributed by atoms with Crippen LogP contribution in [0.3, 0.4) is 0 Å². The third-order valence-electron chi connectivity index (χ3n) is 11.6. The van der Waals surface area contributed by atoms with Crippen molar-refractivity contribution in [1.82, 2.24) is 19.9 Å². The summed E-state index contributed by atoms with van der Waals surface area (Å²) in [5.41, 5.74) is 24.6. The number of aromatic nitrogens is 4. The van der Waals surface area contributed by atoms with Crippen molar-refractivity contribution in [3.63, 3.8) is 0 Å². The van der Waals surface area contributed by atoms with Gasteiger partial charge < -0.3 is 19.4 Å². The number of benzene rings is 4. The maximum Gasteiger partial charge on any atom is 0.137 e. The summed E-state index contributed by atoms with van der Waals surface area (Å²) in [5, 5.41) is 0. The van der Waals surface area contributed by atoms with E-state index in [2.05, 4.69) is 178 Å². The third kappa shape index (κ3) is 6.63. The van der Waals surface area contributed by atoms with E-state index in [1.165, 1.54) is 33.4 Å². The first-order valence-corrected chi connectivity index (χ1v) is 20.5. The van der Waals surface area contributed by atoms with Crippen molar-refractivity contribution in [1.29, 1.82) is 0 Å². The predicted octanol–water partition coefficient (Wildman–Crippen LogP) is 14.3. The summed E-state index contributed by atoms with van der Waals surface area (Å²) in [6.45, 7) is 13.1. The van der Waals surface area contributed by atoms with Crippen molar-refractivity contribution in [2.24, 2.45) is 0 Å². The second-order valence-electron chi connectivity index (χ2n) is 16.1. The minimum atomic E-state index is 0.789. The highest BCUT2D eigenvalue weighted by Crippen LogP contribution is 2.40. The topological polar surface area (TPSA) is 73.4 Å². The highest BCUT2D eigenvalue weighted by molar-refractivity contribution is 6.00. The molecule has 5 aromatic heterocycles. The average Bonchev–Trinajstić information content (AvgIpc) is 4.08. The molecular weight excluding hydrogens is 733 g/mol. The van der Waals surface area contributed by atoms with E-state index in [1.54, 1.807) is 0 Å². The van der Waals surface area contributed by atoms with Crippen LogP contribution in [0.2, 0.25) is 0 Å². The number of aryl methyl sites for hydroxylation is 6. The van der Waals surface area contributed by atoms with Crippen molar-refractivity contribution >= 4 is 56.4 Å². The lowest BCUT2D eigenvalue weighted by Crippen LogP contribution is -1.91. The van der Waals surface area contributed by atoms with E-state index < -0.39 is 0 Å². The molecule has 0 unspecified atom stereocenters. The minimum Gasteiger partial charge on any atom is -0.456 e. The van der Waals surface area contributed by atoms with Crippen molar-refractivity contribution < 1.29 is 4.42 Å². The molecule has 10 bridgehead atoms. The van der Waals surface area contributed by atoms with E-state index in [9.17, 15) is 0 Å². The van der Waals surface area contributed by atoms with Crippen molar-refractivity contribution in [2.75, 3.05) is 0 Å². The van der Waals surface area contributed by atoms with Gasteiger partial charge in [0.05, 0.1) is 39.0 Å². The predicted molar refractivity (Wildman–Crippen MR) is 251 cm³/mol. The first-order chi connectivity index (χ1) is 29.2. The summed E-state index contributed by atoms with van der Waals surface area (Å²) in [4.78, 5) is 16.7. The number of fused-ring (bicyclic) bond motifs is 12. The average molecular weight is 777 g/mol. The quantitative estimate of drug-likeness (QED) is 0.156. The van der Waals surface area contributed by atoms with Crippen molar-refractivity contribution in [2.45, 2.75) is 41.5 Å². The highest BCUT2D eigenvalue weighted by Gasteiger charge is 2.19. The Morgan fingerprint density at radius 2 is 0.867 bits per heavy atom. The van der Waals surface area contributed by atoms with Crippen LogP contribution >= 0.6 is 0 Å². The van der Waals surface area contributed by atoms with Crippen LogP contribution in [0.4, 0.5) is 0 Å². The molecule has 6 heterocycles. The van der Waals surface area contributed by atoms with Crippen LogP contribution in [-0.4, -0.2) is 19.9 Å². The van der Waals surface area contributed by atoms with Gasteiger partial charge in [0, 0.05) is 33.3 Å². The van der Waals surface area contributed by atoms with Crippen LogP contribution in [-0.2, 0) is 0 Å². The third-order valence-corrected chi connectivity index (χ3v) is 11.6. The lowest BCUT2D eigenvalue weighted by molar-refractivity contribution is 0.668. The molecule has 0 saturated heterocycles. The monoisotopic (exact) mass is 776 g/mol. The zero-order chi connectivity index (χ0) is 41.1. The van der Waals surface area contributed by atoms with Gasteiger partial charge in [-0.3, -0.25) is 0 Å². The van der Waals surface area contributed by atoms with E-state index in [0.29, 0.717) is 0 Å². The number of hydrogen-bond donors (Lipinski definition) is 3. The van der Waals surface area contributed by atoms with Gasteiger partial charge in [0.25, 0.3) is 0 Å². The Bertz CT molecular complexity index is 3400. The first kappa shape index (κ1) is 36.8. The number of rotatable bonds is 3. The molecule has 5 nitrogen and oxygen atoms in total. The molecule has 0 aliphatic carbocycles. The molecule has 290 valence electrons. The summed E-state index contributed by atoms with van der Waals surface area (Å²) >= 11 is 0. The fraction of sp³-hybridized carbons (Fsp3) is 0.109. The normalized spacial score (nSPS) is 11.6. The Morgan fingerprint density at radius 1 is 0.400 bits per heavy atom. The van der Waals surface area contributed by atoms with Crippen LogP contribution in [0.1, 0.15) is 55.9 Å². The molecule has 1 aliphatic heterocycles. The first-order valence-electron chi connectivity index (χ1n) is 20.5. The van der Waals surface area contributed by atoms with Gasteiger partial charge in [0.1, 0.15) is 11.2 Å². The summed E-state index contributed by atoms with van der Waals surface area (Å²) in [5.74, 6) is 6.72. The molecule has 60 heavy (non-hydrogen) atoms. The maximum absolute atomic E-state index is 7.10. The molecule has 9 aromatic rings. The molecule has 5 heteroatoms. The van der Waals surface area contributed by atoms with E-state index in [4.69, 9.17) is 9.40 Å². The van der Waals surface area contributed by atoms with Gasteiger partial charge >= 0.3 is 0 Å². The molecular formula is C55H44N4O. The van der Waals surface area contributed by atoms with E-state index in [0.717, 1.165) is 100 Å². The van der Waals surface area contributed by atoms with Gasteiger partial charge in [0.2, 0.25) is 0 Å². The Morgan fingerprint density at radius 3 is 1.45 bits per heavy atom. The van der Waals surface area contributed by atoms with Crippen LogP contribution in [0, 0.1) is 53.4 Å². The number of nitrogens with one attached hydrogen (secondary N) is 3. The molecule has 1 aliphatic rings. The second-order valence-corrected chi connectivity index (χ2v) is 16.1. The largest absolute Gasteiger partial charge is 0.456 e. The second kappa shape index (κ2) is 14.7. The van der Waals surface area contributed by atoms with Crippen molar-refractivity contribution in [3.05, 3.63) is 183 Å². The summed E-state index contributed by atoms with van der Waals surface area (Å²) in [6, 6.07) is 44.7. The smallest absolute Gasteiger partial charge is 0.137 e. The van der Waals surface area contributed by atoms with E-state index in [-0.39, 0.29) is 0 Å². The zero-order valence-corrected chi connectivity index (χ0v) is 34.6. The van der Waals surface area contributed by atoms with Crippen LogP contribution in [0.15, 0.2) is 132 Å². The number of furan rings is 1. The number of aromatic amines is 3. The molecule has 0 fully saturated rings. The molecule has 4 aromatic carbocycles. The molecule has 0 atom stereocenters. The van der Waals surface area contributed by atoms with Crippen molar-refractivity contribution in [3.8, 4) is 45.2 Å². The Labute approximate surface area is 349 Å². The zero-order valence-electron chi connectivity index (χ0n) is 34.6. The summed E-state index contributed by atoms with van der Waals surface area (Å²) in [6.07, 6.45) is 4.21. The van der Waals surface area contributed by atoms with E-state index >= 15 is 0 Å². The van der Waals surface area contributed by atoms with Crippen LogP contribution in [0.25, 0.3) is 89.8 Å². The fourth-order valence-corrected chi connectivity index (χ4v) is 9.13. The number of hydrogen-bond acceptors (Lipinski definition) is 2. The fourth-order valence-electron chi connectivity index (χ4n) is 9.13. The Balaban J connectivity index is 1.32. The SMILES string of the molecule is Cc1cc(C)c(-c2c3ccc([nH]3)c3nc(c(-c4cccc(C#Cc5ccccc5)c4)c4ccc([nH]4)c4ccc([nH]4)c(-c4c(C)cc(C)cc4C)c4ccc2o4)C=C3)c(C)c1. The lowest BCUT2D eigenvalue weighted by atomic mass is 9.93. The van der Waals surface area contributed by atoms with Crippen LogP contribution < -0.4 is 0 Å². The van der Waals surface area contributed by atoms with Gasteiger partial charge in [-0.15, -0.1) is 0 Å². The maximum atomic E-state index is 7.10. The summed E-state index contributed by atoms with van der Waals surface area (Å²) < 4.78 is 7.10. The van der Waals surface area contributed by atoms with E-state index in [1.807, 2.05) is 30.3 Å². The number of nitrogens with zero attached hydrogens (tertiary/aromatic N) is 1. The molecule has 0 saturated carbocycles. The molecule has 3 N–H and O–H groups in total. The van der Waals surface area contributed by atoms with Gasteiger partial charge in [0.15, 0.2) is 0 Å². The molecule has 0 spiro atoms. The van der Waals surface area contributed by atoms with Gasteiger partial charge in [-0.05, 0) is 165 Å². The molecule has 0 amide bonds. The lowest BCUT2D eigenvalue weighted by Gasteiger charge is -2.13. The van der Waals surface area contributed by atoms with Gasteiger partial charge in [-0.25, -0.2) is 4.98 Å². The van der Waals surface area contributed by atoms with Gasteiger partial charge in [-0.1, -0.05) is 77.6 Å². The van der Waals surface area contributed by atoms with Gasteiger partial charge in [-0.2, -0.15) is 0 Å². The summed E-state index contributed by atoms with van der Waals surface area (Å²) in [7, 11) is 0. The molecule has 10 rings (SSSR count). The standard InChI is InChI=1S/C55H44N4O/c1-32-27-34(3)51(35(4)28-32)54-47-23-19-43(58-47)41-17-21-45(56-41)53(40-14-10-13-39(31-40)16-15-38-11-8-7-9-12-38)46-22-18-42(57-46)44-20-24-48(59-44)55(50-26-25-49(54)60-50)52-36(5)29-33(2)30-37(52)6/h7-14,17-31,56,58-59H,1-6H3. The Hall–Kier alpha value is -7.55.